The van der Waals surface area contributed by atoms with Gasteiger partial charge in [0.05, 0.1) is 0 Å². The van der Waals surface area contributed by atoms with Crippen molar-refractivity contribution in [3.8, 4) is 12.8 Å². The molecule has 33 heavy (non-hydrogen) atoms. The lowest BCUT2D eigenvalue weighted by atomic mass is 9.87. The van der Waals surface area contributed by atoms with Gasteiger partial charge in [0.1, 0.15) is 0 Å². The molecule has 1 N–H and O–H groups in total. The first-order chi connectivity index (χ1) is 16.0. The van der Waals surface area contributed by atoms with Gasteiger partial charge in [-0.1, -0.05) is 104 Å². The number of alkyl halides is 1. The van der Waals surface area contributed by atoms with E-state index in [1.165, 1.54) is 76.2 Å². The molecular weight excluding hydrogens is 466 g/mol. The molecule has 0 saturated heterocycles. The maximum Gasteiger partial charge on any atom is 0.0450 e. The van der Waals surface area contributed by atoms with Crippen LogP contribution < -0.4 is 5.32 Å². The van der Waals surface area contributed by atoms with Gasteiger partial charge in [-0.25, -0.2) is 0 Å². The van der Waals surface area contributed by atoms with E-state index < -0.39 is 0 Å². The molecule has 1 nitrogen and oxygen atoms in total. The molecule has 1 rings (SSSR count). The van der Waals surface area contributed by atoms with Crippen LogP contribution in [0.1, 0.15) is 105 Å². The molecule has 0 heterocycles. The summed E-state index contributed by atoms with van der Waals surface area (Å²) in [7, 11) is 1.99. The Bertz CT molecular complexity index is 563. The predicted molar refractivity (Wildman–Crippen MR) is 157 cm³/mol. The van der Waals surface area contributed by atoms with Gasteiger partial charge in [0.15, 0.2) is 0 Å². The van der Waals surface area contributed by atoms with Crippen molar-refractivity contribution in [3.63, 3.8) is 0 Å². The minimum absolute atomic E-state index is 0.433. The summed E-state index contributed by atoms with van der Waals surface area (Å²) in [5, 5.41) is 3.19. The standard InChI is InChI=1S/C27H48BrN.C2H4.C2H2/c1-6-12-25(26-19-20-26)15-10-8-7-9-14-23(3)24(4)18-17-22(2)13-11-16-27(28)21-29-5;2*1-2/h11,16-17,23-24,27,29H,6-10,12-15,18-21H2,1-5H3;1-2H2;1-2H/b16-11-,22-17+;;. The first-order valence-corrected chi connectivity index (χ1v) is 14.0. The second-order valence-corrected chi connectivity index (χ2v) is 10.5. The molecule has 0 radical (unpaired) electrons. The lowest BCUT2D eigenvalue weighted by Crippen LogP contribution is -2.16. The molecule has 0 aromatic rings. The number of hydrogen-bond donors (Lipinski definition) is 1. The number of allylic oxidation sites excluding steroid dienone is 5. The second-order valence-electron chi connectivity index (χ2n) is 9.36. The zero-order chi connectivity index (χ0) is 25.5. The molecule has 1 fully saturated rings. The van der Waals surface area contributed by atoms with Gasteiger partial charge < -0.3 is 5.32 Å². The van der Waals surface area contributed by atoms with Crippen LogP contribution in [0.25, 0.3) is 0 Å². The van der Waals surface area contributed by atoms with E-state index in [4.69, 9.17) is 0 Å². The van der Waals surface area contributed by atoms with Crippen molar-refractivity contribution in [1.82, 2.24) is 5.32 Å². The van der Waals surface area contributed by atoms with Crippen molar-refractivity contribution in [2.45, 2.75) is 110 Å². The fourth-order valence-electron chi connectivity index (χ4n) is 4.01. The highest BCUT2D eigenvalue weighted by molar-refractivity contribution is 9.09. The van der Waals surface area contributed by atoms with Crippen molar-refractivity contribution in [2.24, 2.45) is 11.8 Å². The monoisotopic (exact) mass is 519 g/mol. The Labute approximate surface area is 216 Å². The third-order valence-electron chi connectivity index (χ3n) is 6.43. The maximum absolute atomic E-state index is 4.00. The fraction of sp³-hybridized carbons (Fsp3) is 0.677. The van der Waals surface area contributed by atoms with Gasteiger partial charge in [-0.3, -0.25) is 0 Å². The molecule has 1 aliphatic carbocycles. The van der Waals surface area contributed by atoms with Gasteiger partial charge >= 0.3 is 0 Å². The quantitative estimate of drug-likeness (QED) is 0.0871. The summed E-state index contributed by atoms with van der Waals surface area (Å²) in [5.74, 6) is 1.62. The zero-order valence-corrected chi connectivity index (χ0v) is 24.2. The van der Waals surface area contributed by atoms with Crippen molar-refractivity contribution in [3.05, 3.63) is 48.1 Å². The Kier molecular flexibility index (Phi) is 24.9. The van der Waals surface area contributed by atoms with Crippen LogP contribution in [0.4, 0.5) is 0 Å². The Morgan fingerprint density at radius 2 is 1.70 bits per heavy atom. The Balaban J connectivity index is 0. The summed E-state index contributed by atoms with van der Waals surface area (Å²) in [4.78, 5) is 0.433. The van der Waals surface area contributed by atoms with Crippen LogP contribution in [0, 0.1) is 24.7 Å². The molecule has 1 aliphatic rings. The SMILES string of the molecule is C#C.C=C.CCCC(CCCCCCC(C)C(C)C/C=C(\C)C/C=C\C(Br)CNC)=C1CC1. The molecule has 0 aliphatic heterocycles. The van der Waals surface area contributed by atoms with Crippen LogP contribution in [-0.2, 0) is 0 Å². The lowest BCUT2D eigenvalue weighted by molar-refractivity contribution is 0.353. The molecule has 0 spiro atoms. The summed E-state index contributed by atoms with van der Waals surface area (Å²) in [6.45, 7) is 16.5. The van der Waals surface area contributed by atoms with Crippen LogP contribution >= 0.6 is 15.9 Å². The number of unbranched alkanes of at least 4 members (excludes halogenated alkanes) is 3. The maximum atomic E-state index is 4.00. The van der Waals surface area contributed by atoms with E-state index in [0.29, 0.717) is 4.83 Å². The van der Waals surface area contributed by atoms with E-state index in [0.717, 1.165) is 24.8 Å². The molecule has 3 atom stereocenters. The van der Waals surface area contributed by atoms with Crippen molar-refractivity contribution >= 4 is 15.9 Å². The third-order valence-corrected chi connectivity index (χ3v) is 7.06. The van der Waals surface area contributed by atoms with Crippen molar-refractivity contribution in [2.75, 3.05) is 13.6 Å². The molecule has 0 aromatic heterocycles. The topological polar surface area (TPSA) is 12.0 Å². The predicted octanol–water partition coefficient (Wildman–Crippen LogP) is 9.81. The first kappa shape index (κ1) is 34.1. The fourth-order valence-corrected chi connectivity index (χ4v) is 4.55. The van der Waals surface area contributed by atoms with Crippen LogP contribution in [0.5, 0.6) is 0 Å². The van der Waals surface area contributed by atoms with Crippen LogP contribution in [0.15, 0.2) is 48.1 Å². The zero-order valence-electron chi connectivity index (χ0n) is 22.6. The average molecular weight is 521 g/mol. The Morgan fingerprint density at radius 3 is 2.27 bits per heavy atom. The van der Waals surface area contributed by atoms with E-state index >= 15 is 0 Å². The summed E-state index contributed by atoms with van der Waals surface area (Å²) >= 11 is 3.66. The molecule has 0 bridgehead atoms. The second kappa shape index (κ2) is 24.1. The molecule has 3 unspecified atom stereocenters. The number of halogens is 1. The normalized spacial score (nSPS) is 15.6. The first-order valence-electron chi connectivity index (χ1n) is 13.1. The van der Waals surface area contributed by atoms with Gasteiger partial charge in [-0.05, 0) is 70.8 Å². The molecule has 1 saturated carbocycles. The van der Waals surface area contributed by atoms with E-state index in [9.17, 15) is 0 Å². The largest absolute Gasteiger partial charge is 0.318 e. The van der Waals surface area contributed by atoms with Gasteiger partial charge in [0, 0.05) is 11.4 Å². The van der Waals surface area contributed by atoms with E-state index in [2.05, 4.69) is 93.2 Å². The van der Waals surface area contributed by atoms with Gasteiger partial charge in [0.2, 0.25) is 0 Å². The van der Waals surface area contributed by atoms with E-state index in [-0.39, 0.29) is 0 Å². The number of hydrogen-bond acceptors (Lipinski definition) is 1. The summed E-state index contributed by atoms with van der Waals surface area (Å²) < 4.78 is 0. The van der Waals surface area contributed by atoms with E-state index in [1.54, 1.807) is 5.57 Å². The number of terminal acetylenes is 1. The number of rotatable bonds is 17. The van der Waals surface area contributed by atoms with Gasteiger partial charge in [-0.15, -0.1) is 26.0 Å². The lowest BCUT2D eigenvalue weighted by Gasteiger charge is -2.18. The summed E-state index contributed by atoms with van der Waals surface area (Å²) in [5.41, 5.74) is 5.12. The van der Waals surface area contributed by atoms with Gasteiger partial charge in [-0.2, -0.15) is 0 Å². The minimum atomic E-state index is 0.433. The Hall–Kier alpha value is -1.04. The van der Waals surface area contributed by atoms with Crippen LogP contribution in [0.2, 0.25) is 0 Å². The van der Waals surface area contributed by atoms with E-state index in [1.807, 2.05) is 12.6 Å². The molecule has 0 aromatic carbocycles. The van der Waals surface area contributed by atoms with Crippen molar-refractivity contribution in [1.29, 1.82) is 0 Å². The summed E-state index contributed by atoms with van der Waals surface area (Å²) in [6, 6.07) is 0. The molecule has 0 amide bonds. The minimum Gasteiger partial charge on any atom is -0.318 e. The summed E-state index contributed by atoms with van der Waals surface area (Å²) in [6.07, 6.45) is 31.3. The highest BCUT2D eigenvalue weighted by Crippen LogP contribution is 2.35. The molecular formula is C31H54BrN. The highest BCUT2D eigenvalue weighted by Gasteiger charge is 2.16. The smallest absolute Gasteiger partial charge is 0.0450 e. The Morgan fingerprint density at radius 1 is 1.06 bits per heavy atom. The average Bonchev–Trinajstić information content (AvgIpc) is 3.67. The highest BCUT2D eigenvalue weighted by atomic mass is 79.9. The number of nitrogens with one attached hydrogen (secondary N) is 1. The third kappa shape index (κ3) is 20.1. The van der Waals surface area contributed by atoms with Crippen molar-refractivity contribution < 1.29 is 0 Å². The van der Waals surface area contributed by atoms with Crippen LogP contribution in [-0.4, -0.2) is 18.4 Å². The molecule has 190 valence electrons. The molecule has 2 heteroatoms. The van der Waals surface area contributed by atoms with Crippen LogP contribution in [0.3, 0.4) is 0 Å². The van der Waals surface area contributed by atoms with Gasteiger partial charge in [0.25, 0.3) is 0 Å².